The van der Waals surface area contributed by atoms with E-state index < -0.39 is 0 Å². The number of nitrogens with zero attached hydrogens (tertiary/aromatic N) is 2. The molecule has 0 aliphatic rings. The van der Waals surface area contributed by atoms with Crippen molar-refractivity contribution >= 4 is 70.4 Å². The number of para-hydroxylation sites is 2. The molecule has 0 unspecified atom stereocenters. The Balaban J connectivity index is 0.954. The first-order valence-electron chi connectivity index (χ1n) is 21.5. The molecule has 0 N–H and O–H groups in total. The average Bonchev–Trinajstić information content (AvgIpc) is 3.91. The molecule has 296 valence electrons. The van der Waals surface area contributed by atoms with E-state index in [4.69, 9.17) is 0 Å². The second kappa shape index (κ2) is 15.5. The van der Waals surface area contributed by atoms with Gasteiger partial charge in [-0.25, -0.2) is 0 Å². The van der Waals surface area contributed by atoms with Crippen molar-refractivity contribution in [2.45, 2.75) is 0 Å². The van der Waals surface area contributed by atoms with E-state index in [0.29, 0.717) is 0 Å². The van der Waals surface area contributed by atoms with Gasteiger partial charge in [0.15, 0.2) is 0 Å². The summed E-state index contributed by atoms with van der Waals surface area (Å²) in [7, 11) is 0. The van der Waals surface area contributed by atoms with Crippen molar-refractivity contribution in [2.24, 2.45) is 0 Å². The van der Waals surface area contributed by atoms with Crippen LogP contribution in [0.15, 0.2) is 243 Å². The summed E-state index contributed by atoms with van der Waals surface area (Å²) in [5.41, 5.74) is 16.4. The van der Waals surface area contributed by atoms with Crippen LogP contribution in [0.2, 0.25) is 0 Å². The fourth-order valence-corrected chi connectivity index (χ4v) is 10.5. The summed E-state index contributed by atoms with van der Waals surface area (Å²) >= 11 is 1.86. The number of benzene rings is 10. The molecule has 0 amide bonds. The highest BCUT2D eigenvalue weighted by Crippen LogP contribution is 2.44. The second-order valence-corrected chi connectivity index (χ2v) is 17.2. The molecule has 0 bridgehead atoms. The number of fused-ring (bicyclic) bond motifs is 6. The smallest absolute Gasteiger partial charge is 0.0547 e. The topological polar surface area (TPSA) is 8.17 Å². The van der Waals surface area contributed by atoms with Crippen LogP contribution in [0.3, 0.4) is 0 Å². The van der Waals surface area contributed by atoms with E-state index in [1.807, 2.05) is 11.3 Å². The summed E-state index contributed by atoms with van der Waals surface area (Å²) < 4.78 is 4.96. The lowest BCUT2D eigenvalue weighted by Crippen LogP contribution is -2.10. The summed E-state index contributed by atoms with van der Waals surface area (Å²) in [5, 5.41) is 5.13. The summed E-state index contributed by atoms with van der Waals surface area (Å²) in [4.78, 5) is 2.42. The van der Waals surface area contributed by atoms with Crippen LogP contribution in [0.1, 0.15) is 0 Å². The van der Waals surface area contributed by atoms with Gasteiger partial charge in [-0.1, -0.05) is 170 Å². The highest BCUT2D eigenvalue weighted by Gasteiger charge is 2.19. The SMILES string of the molecule is c1ccc(-c2cc(-c3ccccc3)cc(N(c3ccc(-c4ccc(-c5cccc6c5c5ccccc5n6-c5ccccc5)cc4)cc3)c3ccc4c(c3)sc3ccccc34)c2)cc1. The molecular weight excluding hydrogens is 781 g/mol. The molecule has 2 heterocycles. The van der Waals surface area contributed by atoms with Gasteiger partial charge in [-0.3, -0.25) is 0 Å². The van der Waals surface area contributed by atoms with Crippen LogP contribution >= 0.6 is 11.3 Å². The van der Waals surface area contributed by atoms with Gasteiger partial charge in [-0.05, 0) is 117 Å². The zero-order valence-corrected chi connectivity index (χ0v) is 35.2. The number of aromatic nitrogens is 1. The third-order valence-electron chi connectivity index (χ3n) is 12.4. The molecule has 0 atom stereocenters. The van der Waals surface area contributed by atoms with E-state index in [-0.39, 0.29) is 0 Å². The first-order chi connectivity index (χ1) is 31.2. The van der Waals surface area contributed by atoms with E-state index in [1.54, 1.807) is 0 Å². The molecule has 2 aromatic heterocycles. The predicted octanol–water partition coefficient (Wildman–Crippen LogP) is 17.3. The third kappa shape index (κ3) is 6.58. The number of anilines is 3. The van der Waals surface area contributed by atoms with E-state index >= 15 is 0 Å². The van der Waals surface area contributed by atoms with Crippen LogP contribution in [0, 0.1) is 0 Å². The fourth-order valence-electron chi connectivity index (χ4n) is 9.40. The third-order valence-corrected chi connectivity index (χ3v) is 13.5. The van der Waals surface area contributed by atoms with E-state index in [1.165, 1.54) is 92.2 Å². The first kappa shape index (κ1) is 36.8. The van der Waals surface area contributed by atoms with Gasteiger partial charge >= 0.3 is 0 Å². The summed E-state index contributed by atoms with van der Waals surface area (Å²) in [6.45, 7) is 0. The number of hydrogen-bond acceptors (Lipinski definition) is 2. The standard InChI is InChI=1S/C60H40N2S/c1-4-15-41(16-5-1)46-37-47(42-17-6-2-7-18-42)39-51(38-46)61(50-35-36-54-53-21-11-13-26-58(53)63-59(54)40-50)49-33-31-44(32-34-49)43-27-29-45(30-28-43)52-23-14-25-57-60(52)55-22-10-12-24-56(55)62(57)48-19-8-3-9-20-48/h1-40H. The largest absolute Gasteiger partial charge is 0.310 e. The molecule has 0 fully saturated rings. The van der Waals surface area contributed by atoms with Crippen molar-refractivity contribution in [1.82, 2.24) is 4.57 Å². The normalized spacial score (nSPS) is 11.5. The van der Waals surface area contributed by atoms with Gasteiger partial charge in [0.2, 0.25) is 0 Å². The molecule has 12 aromatic rings. The Labute approximate surface area is 370 Å². The van der Waals surface area contributed by atoms with Gasteiger partial charge in [-0.15, -0.1) is 11.3 Å². The highest BCUT2D eigenvalue weighted by molar-refractivity contribution is 7.25. The molecule has 63 heavy (non-hydrogen) atoms. The van der Waals surface area contributed by atoms with Crippen LogP contribution in [0.5, 0.6) is 0 Å². The second-order valence-electron chi connectivity index (χ2n) is 16.1. The Morgan fingerprint density at radius 1 is 0.302 bits per heavy atom. The maximum absolute atomic E-state index is 2.42. The van der Waals surface area contributed by atoms with Crippen LogP contribution in [0.4, 0.5) is 17.1 Å². The van der Waals surface area contributed by atoms with Crippen molar-refractivity contribution in [2.75, 3.05) is 4.90 Å². The van der Waals surface area contributed by atoms with Gasteiger partial charge in [0, 0.05) is 53.7 Å². The molecule has 0 aliphatic heterocycles. The van der Waals surface area contributed by atoms with E-state index in [2.05, 4.69) is 252 Å². The molecular formula is C60H40N2S. The molecule has 12 rings (SSSR count). The Kier molecular flexibility index (Phi) is 9.06. The molecule has 0 saturated carbocycles. The zero-order chi connectivity index (χ0) is 41.7. The molecule has 0 spiro atoms. The maximum Gasteiger partial charge on any atom is 0.0547 e. The average molecular weight is 821 g/mol. The summed E-state index contributed by atoms with van der Waals surface area (Å²) in [5.74, 6) is 0. The molecule has 10 aromatic carbocycles. The van der Waals surface area contributed by atoms with Gasteiger partial charge in [0.25, 0.3) is 0 Å². The van der Waals surface area contributed by atoms with Crippen LogP contribution in [0.25, 0.3) is 92.2 Å². The first-order valence-corrected chi connectivity index (χ1v) is 22.3. The number of rotatable bonds is 8. The van der Waals surface area contributed by atoms with Gasteiger partial charge < -0.3 is 9.47 Å². The monoisotopic (exact) mass is 820 g/mol. The highest BCUT2D eigenvalue weighted by atomic mass is 32.1. The molecule has 2 nitrogen and oxygen atoms in total. The zero-order valence-electron chi connectivity index (χ0n) is 34.4. The van der Waals surface area contributed by atoms with Crippen molar-refractivity contribution in [3.05, 3.63) is 243 Å². The van der Waals surface area contributed by atoms with Crippen LogP contribution in [-0.4, -0.2) is 4.57 Å². The van der Waals surface area contributed by atoms with Crippen LogP contribution < -0.4 is 4.90 Å². The lowest BCUT2D eigenvalue weighted by Gasteiger charge is -2.27. The van der Waals surface area contributed by atoms with Crippen molar-refractivity contribution in [3.63, 3.8) is 0 Å². The molecule has 0 aliphatic carbocycles. The molecule has 0 radical (unpaired) electrons. The van der Waals surface area contributed by atoms with Crippen LogP contribution in [-0.2, 0) is 0 Å². The van der Waals surface area contributed by atoms with Crippen molar-refractivity contribution in [1.29, 1.82) is 0 Å². The summed E-state index contributed by atoms with van der Waals surface area (Å²) in [6, 6.07) is 88.4. The molecule has 0 saturated heterocycles. The molecule has 3 heteroatoms. The minimum atomic E-state index is 1.10. The number of hydrogen-bond donors (Lipinski definition) is 0. The summed E-state index contributed by atoms with van der Waals surface area (Å²) in [6.07, 6.45) is 0. The fraction of sp³-hybridized carbons (Fsp3) is 0. The Bertz CT molecular complexity index is 3530. The van der Waals surface area contributed by atoms with E-state index in [0.717, 1.165) is 17.1 Å². The van der Waals surface area contributed by atoms with Crippen molar-refractivity contribution < 1.29 is 0 Å². The minimum absolute atomic E-state index is 1.10. The van der Waals surface area contributed by atoms with Crippen molar-refractivity contribution in [3.8, 4) is 50.2 Å². The Hall–Kier alpha value is -7.98. The quantitative estimate of drug-likeness (QED) is 0.148. The Morgan fingerprint density at radius 2 is 0.825 bits per heavy atom. The van der Waals surface area contributed by atoms with Gasteiger partial charge in [0.1, 0.15) is 0 Å². The maximum atomic E-state index is 2.42. The number of thiophene rings is 1. The van der Waals surface area contributed by atoms with Gasteiger partial charge in [0.05, 0.1) is 11.0 Å². The predicted molar refractivity (Wildman–Crippen MR) is 270 cm³/mol. The lowest BCUT2D eigenvalue weighted by atomic mass is 9.96. The van der Waals surface area contributed by atoms with Gasteiger partial charge in [-0.2, -0.15) is 0 Å². The minimum Gasteiger partial charge on any atom is -0.310 e. The van der Waals surface area contributed by atoms with E-state index in [9.17, 15) is 0 Å². The Morgan fingerprint density at radius 3 is 1.52 bits per heavy atom. The lowest BCUT2D eigenvalue weighted by molar-refractivity contribution is 1.18.